The molecular formula is C10H21N2O+. The predicted octanol–water partition coefficient (Wildman–Crippen LogP) is 1.09. The van der Waals surface area contributed by atoms with E-state index in [1.54, 1.807) is 0 Å². The van der Waals surface area contributed by atoms with Crippen molar-refractivity contribution in [1.82, 2.24) is 0 Å². The summed E-state index contributed by atoms with van der Waals surface area (Å²) in [6.45, 7) is 8.66. The first-order chi connectivity index (χ1) is 5.87. The summed E-state index contributed by atoms with van der Waals surface area (Å²) in [6.07, 6.45) is 2.05. The third-order valence-corrected chi connectivity index (χ3v) is 2.81. The fourth-order valence-corrected chi connectivity index (χ4v) is 1.62. The van der Waals surface area contributed by atoms with E-state index < -0.39 is 0 Å². The Morgan fingerprint density at radius 2 is 2.15 bits per heavy atom. The summed E-state index contributed by atoms with van der Waals surface area (Å²) in [6, 6.07) is 0. The Morgan fingerprint density at radius 1 is 1.54 bits per heavy atom. The lowest BCUT2D eigenvalue weighted by molar-refractivity contribution is -0.913. The molecule has 0 saturated carbocycles. The molecule has 1 aliphatic heterocycles. The summed E-state index contributed by atoms with van der Waals surface area (Å²) in [5.41, 5.74) is 0.287. The van der Waals surface area contributed by atoms with Crippen molar-refractivity contribution >= 4 is 6.21 Å². The molecule has 1 rings (SSSR count). The molecule has 1 N–H and O–H groups in total. The molecule has 0 aromatic heterocycles. The SMILES string of the molecule is CC(C)(C)C1C=N[N+](C)(CCO)C1. The van der Waals surface area contributed by atoms with Gasteiger partial charge < -0.3 is 5.11 Å². The molecule has 13 heavy (non-hydrogen) atoms. The van der Waals surface area contributed by atoms with Crippen LogP contribution in [-0.2, 0) is 0 Å². The minimum absolute atomic E-state index is 0.213. The third-order valence-electron chi connectivity index (χ3n) is 2.81. The summed E-state index contributed by atoms with van der Waals surface area (Å²) in [7, 11) is 2.07. The number of nitrogens with zero attached hydrogens (tertiary/aromatic N) is 2. The zero-order valence-corrected chi connectivity index (χ0v) is 9.12. The van der Waals surface area contributed by atoms with E-state index in [0.717, 1.165) is 13.1 Å². The molecule has 0 spiro atoms. The number of rotatable bonds is 2. The van der Waals surface area contributed by atoms with Crippen molar-refractivity contribution in [2.75, 3.05) is 26.7 Å². The lowest BCUT2D eigenvalue weighted by atomic mass is 9.82. The second kappa shape index (κ2) is 3.39. The van der Waals surface area contributed by atoms with Crippen LogP contribution in [0.15, 0.2) is 5.10 Å². The van der Waals surface area contributed by atoms with Crippen LogP contribution in [0, 0.1) is 11.3 Å². The normalized spacial score (nSPS) is 34.1. The molecule has 0 bridgehead atoms. The summed E-state index contributed by atoms with van der Waals surface area (Å²) in [5.74, 6) is 0.532. The molecule has 0 saturated heterocycles. The maximum atomic E-state index is 8.89. The highest BCUT2D eigenvalue weighted by atomic mass is 16.3. The molecule has 0 aromatic rings. The zero-order chi connectivity index (χ0) is 10.1. The number of aliphatic hydroxyl groups is 1. The van der Waals surface area contributed by atoms with E-state index >= 15 is 0 Å². The van der Waals surface area contributed by atoms with Crippen molar-refractivity contribution in [2.45, 2.75) is 20.8 Å². The molecule has 2 atom stereocenters. The Balaban J connectivity index is 2.60. The van der Waals surface area contributed by atoms with Crippen LogP contribution < -0.4 is 0 Å². The van der Waals surface area contributed by atoms with Gasteiger partial charge in [-0.3, -0.25) is 0 Å². The van der Waals surface area contributed by atoms with Crippen LogP contribution in [0.25, 0.3) is 0 Å². The van der Waals surface area contributed by atoms with Crippen molar-refractivity contribution in [3.63, 3.8) is 0 Å². The third kappa shape index (κ3) is 2.51. The number of likely N-dealkylation sites (N-methyl/N-ethyl adjacent to an activating group) is 1. The van der Waals surface area contributed by atoms with Gasteiger partial charge in [-0.15, -0.1) is 0 Å². The monoisotopic (exact) mass is 185 g/mol. The zero-order valence-electron chi connectivity index (χ0n) is 9.12. The van der Waals surface area contributed by atoms with Crippen molar-refractivity contribution in [3.05, 3.63) is 0 Å². The van der Waals surface area contributed by atoms with E-state index in [1.165, 1.54) is 0 Å². The number of aliphatic hydroxyl groups excluding tert-OH is 1. The van der Waals surface area contributed by atoms with Crippen LogP contribution >= 0.6 is 0 Å². The van der Waals surface area contributed by atoms with E-state index in [2.05, 4.69) is 39.1 Å². The Morgan fingerprint density at radius 3 is 2.54 bits per heavy atom. The number of quaternary nitrogens is 1. The van der Waals surface area contributed by atoms with E-state index in [9.17, 15) is 0 Å². The van der Waals surface area contributed by atoms with Gasteiger partial charge in [0.1, 0.15) is 13.1 Å². The number of hydrogen-bond acceptors (Lipinski definition) is 2. The van der Waals surface area contributed by atoms with E-state index in [-0.39, 0.29) is 12.0 Å². The molecule has 0 fully saturated rings. The minimum atomic E-state index is 0.213. The van der Waals surface area contributed by atoms with Gasteiger partial charge in [-0.2, -0.15) is 4.59 Å². The van der Waals surface area contributed by atoms with Crippen LogP contribution in [0.4, 0.5) is 0 Å². The summed E-state index contributed by atoms with van der Waals surface area (Å²) >= 11 is 0. The lowest BCUT2D eigenvalue weighted by Gasteiger charge is -2.28. The number of hydrogen-bond donors (Lipinski definition) is 1. The van der Waals surface area contributed by atoms with E-state index in [0.29, 0.717) is 10.5 Å². The van der Waals surface area contributed by atoms with Crippen molar-refractivity contribution in [2.24, 2.45) is 16.4 Å². The smallest absolute Gasteiger partial charge is 0.126 e. The van der Waals surface area contributed by atoms with E-state index in [1.807, 2.05) is 0 Å². The van der Waals surface area contributed by atoms with E-state index in [4.69, 9.17) is 5.11 Å². The highest BCUT2D eigenvalue weighted by Crippen LogP contribution is 2.30. The lowest BCUT2D eigenvalue weighted by Crippen LogP contribution is -2.42. The van der Waals surface area contributed by atoms with Gasteiger partial charge in [0.05, 0.1) is 25.8 Å². The van der Waals surface area contributed by atoms with Gasteiger partial charge >= 0.3 is 0 Å². The summed E-state index contributed by atoms with van der Waals surface area (Å²) in [5, 5.41) is 13.3. The Bertz CT molecular complexity index is 207. The largest absolute Gasteiger partial charge is 0.390 e. The van der Waals surface area contributed by atoms with Gasteiger partial charge in [0, 0.05) is 0 Å². The van der Waals surface area contributed by atoms with Crippen LogP contribution in [0.1, 0.15) is 20.8 Å². The molecule has 2 unspecified atom stereocenters. The van der Waals surface area contributed by atoms with Gasteiger partial charge in [0.2, 0.25) is 0 Å². The first kappa shape index (κ1) is 10.7. The molecular weight excluding hydrogens is 164 g/mol. The van der Waals surface area contributed by atoms with Gasteiger partial charge in [0.25, 0.3) is 0 Å². The van der Waals surface area contributed by atoms with Gasteiger partial charge in [-0.25, -0.2) is 0 Å². The quantitative estimate of drug-likeness (QED) is 0.642. The maximum absolute atomic E-state index is 8.89. The average molecular weight is 185 g/mol. The molecule has 0 aliphatic carbocycles. The minimum Gasteiger partial charge on any atom is -0.390 e. The van der Waals surface area contributed by atoms with Crippen LogP contribution in [0.3, 0.4) is 0 Å². The Kier molecular flexibility index (Phi) is 2.78. The van der Waals surface area contributed by atoms with Crippen molar-refractivity contribution in [3.8, 4) is 0 Å². The van der Waals surface area contributed by atoms with Crippen LogP contribution in [0.5, 0.6) is 0 Å². The van der Waals surface area contributed by atoms with Gasteiger partial charge in [0.15, 0.2) is 0 Å². The molecule has 1 aliphatic rings. The van der Waals surface area contributed by atoms with Gasteiger partial charge in [-0.05, 0) is 5.41 Å². The topological polar surface area (TPSA) is 32.6 Å². The Hall–Kier alpha value is -0.410. The standard InChI is InChI=1S/C10H21N2O/c1-10(2,3)9-7-11-12(4,8-9)5-6-13/h7,9,13H,5-6,8H2,1-4H3/q+1. The predicted molar refractivity (Wildman–Crippen MR) is 54.4 cm³/mol. The van der Waals surface area contributed by atoms with Gasteiger partial charge in [-0.1, -0.05) is 25.9 Å². The van der Waals surface area contributed by atoms with Crippen LogP contribution in [0.2, 0.25) is 0 Å². The fraction of sp³-hybridized carbons (Fsp3) is 0.900. The molecule has 3 nitrogen and oxygen atoms in total. The highest BCUT2D eigenvalue weighted by Gasteiger charge is 2.37. The summed E-state index contributed by atoms with van der Waals surface area (Å²) in [4.78, 5) is 0. The fourth-order valence-electron chi connectivity index (χ4n) is 1.62. The molecule has 0 radical (unpaired) electrons. The summed E-state index contributed by atoms with van der Waals surface area (Å²) < 4.78 is 0.637. The molecule has 0 amide bonds. The first-order valence-corrected chi connectivity index (χ1v) is 4.88. The molecule has 3 heteroatoms. The average Bonchev–Trinajstić information content (AvgIpc) is 2.31. The van der Waals surface area contributed by atoms with Crippen LogP contribution in [-0.4, -0.2) is 42.7 Å². The second-order valence-corrected chi connectivity index (χ2v) is 5.21. The molecule has 76 valence electrons. The first-order valence-electron chi connectivity index (χ1n) is 4.88. The highest BCUT2D eigenvalue weighted by molar-refractivity contribution is 5.62. The van der Waals surface area contributed by atoms with Crippen molar-refractivity contribution in [1.29, 1.82) is 0 Å². The Labute approximate surface area is 80.6 Å². The maximum Gasteiger partial charge on any atom is 0.126 e. The molecule has 0 aromatic carbocycles. The van der Waals surface area contributed by atoms with Crippen molar-refractivity contribution < 1.29 is 9.70 Å². The molecule has 1 heterocycles. The second-order valence-electron chi connectivity index (χ2n) is 5.21.